The first-order chi connectivity index (χ1) is 17.4. The van der Waals surface area contributed by atoms with Crippen molar-refractivity contribution in [3.8, 4) is 0 Å². The van der Waals surface area contributed by atoms with Crippen LogP contribution in [0.5, 0.6) is 0 Å². The lowest BCUT2D eigenvalue weighted by Gasteiger charge is -2.16. The summed E-state index contributed by atoms with van der Waals surface area (Å²) in [5.41, 5.74) is 13.4. The zero-order valence-corrected chi connectivity index (χ0v) is 18.9. The molecule has 0 saturated carbocycles. The third-order valence-electron chi connectivity index (χ3n) is 6.16. The molecule has 2 saturated heterocycles. The molecule has 36 heavy (non-hydrogen) atoms. The number of aliphatic hydroxyl groups is 4. The van der Waals surface area contributed by atoms with E-state index in [-0.39, 0.29) is 24.8 Å². The largest absolute Gasteiger partial charge is 0.394 e. The molecule has 0 aliphatic carbocycles. The molecule has 4 aromatic rings. The maximum Gasteiger partial charge on any atom is 0.167 e. The normalized spacial score (nSPS) is 28.0. The van der Waals surface area contributed by atoms with Crippen molar-refractivity contribution in [2.75, 3.05) is 24.7 Å². The van der Waals surface area contributed by atoms with Crippen LogP contribution in [0.1, 0.15) is 25.3 Å². The molecule has 2 fully saturated rings. The molecule has 2 aliphatic rings. The van der Waals surface area contributed by atoms with E-state index in [0.717, 1.165) is 12.8 Å². The summed E-state index contributed by atoms with van der Waals surface area (Å²) in [4.78, 5) is 24.1. The maximum absolute atomic E-state index is 9.95. The minimum atomic E-state index is -1.19. The van der Waals surface area contributed by atoms with E-state index in [1.807, 2.05) is 4.57 Å². The monoisotopic (exact) mass is 502 g/mol. The van der Waals surface area contributed by atoms with Gasteiger partial charge in [-0.25, -0.2) is 29.9 Å². The second kappa shape index (κ2) is 9.84. The van der Waals surface area contributed by atoms with Gasteiger partial charge < -0.3 is 41.4 Å². The highest BCUT2D eigenvalue weighted by Gasteiger charge is 2.44. The van der Waals surface area contributed by atoms with E-state index in [9.17, 15) is 10.2 Å². The molecule has 6 atom stereocenters. The molecule has 6 rings (SSSR count). The third kappa shape index (κ3) is 4.19. The van der Waals surface area contributed by atoms with Crippen molar-refractivity contribution in [3.05, 3.63) is 25.3 Å². The van der Waals surface area contributed by atoms with Crippen LogP contribution in [-0.4, -0.2) is 97.1 Å². The second-order valence-corrected chi connectivity index (χ2v) is 8.37. The fourth-order valence-corrected chi connectivity index (χ4v) is 4.27. The Hall–Kier alpha value is -3.54. The number of rotatable bonds is 4. The fourth-order valence-electron chi connectivity index (χ4n) is 4.27. The SMILES string of the molecule is Nc1ncnc2c1ncn2[C@@H]1O[C@H](CO)[C@@H](O)[C@H]1O.Nc1ncnc2c1ncn2[C@H]1CC[C@@H](CO)O1. The quantitative estimate of drug-likeness (QED) is 0.179. The molecule has 0 radical (unpaired) electrons. The number of hydrogen-bond acceptors (Lipinski definition) is 14. The lowest BCUT2D eigenvalue weighted by atomic mass is 10.1. The van der Waals surface area contributed by atoms with E-state index in [1.165, 1.54) is 23.5 Å². The average Bonchev–Trinajstić information content (AvgIpc) is 3.66. The van der Waals surface area contributed by atoms with Crippen molar-refractivity contribution in [1.29, 1.82) is 0 Å². The van der Waals surface area contributed by atoms with Crippen LogP contribution in [0.25, 0.3) is 22.3 Å². The number of nitrogen functional groups attached to an aromatic ring is 2. The van der Waals surface area contributed by atoms with Gasteiger partial charge in [0.15, 0.2) is 29.2 Å². The molecular weight excluding hydrogens is 476 g/mol. The van der Waals surface area contributed by atoms with Crippen LogP contribution < -0.4 is 11.5 Å². The van der Waals surface area contributed by atoms with Crippen LogP contribution in [0.4, 0.5) is 11.6 Å². The van der Waals surface area contributed by atoms with Gasteiger partial charge >= 0.3 is 0 Å². The number of aromatic nitrogens is 8. The lowest BCUT2D eigenvalue weighted by molar-refractivity contribution is -0.0511. The Morgan fingerprint density at radius 3 is 1.94 bits per heavy atom. The molecule has 4 aromatic heterocycles. The van der Waals surface area contributed by atoms with Crippen LogP contribution in [0, 0.1) is 0 Å². The summed E-state index contributed by atoms with van der Waals surface area (Å²) < 4.78 is 14.4. The Bertz CT molecular complexity index is 1350. The molecule has 0 amide bonds. The van der Waals surface area contributed by atoms with E-state index in [0.29, 0.717) is 28.1 Å². The summed E-state index contributed by atoms with van der Waals surface area (Å²) in [6.45, 7) is -0.348. The minimum Gasteiger partial charge on any atom is -0.394 e. The molecule has 16 heteroatoms. The summed E-state index contributed by atoms with van der Waals surface area (Å²) in [5, 5.41) is 37.8. The fraction of sp³-hybridized carbons (Fsp3) is 0.500. The first kappa shape index (κ1) is 24.2. The van der Waals surface area contributed by atoms with Crippen molar-refractivity contribution in [2.24, 2.45) is 0 Å². The smallest absolute Gasteiger partial charge is 0.167 e. The van der Waals surface area contributed by atoms with Gasteiger partial charge in [-0.3, -0.25) is 9.13 Å². The summed E-state index contributed by atoms with van der Waals surface area (Å²) in [7, 11) is 0. The number of aliphatic hydroxyl groups excluding tert-OH is 4. The molecule has 6 heterocycles. The molecule has 16 nitrogen and oxygen atoms in total. The molecule has 0 unspecified atom stereocenters. The molecule has 8 N–H and O–H groups in total. The summed E-state index contributed by atoms with van der Waals surface area (Å²) >= 11 is 0. The van der Waals surface area contributed by atoms with Crippen LogP contribution in [0.2, 0.25) is 0 Å². The van der Waals surface area contributed by atoms with Gasteiger partial charge in [0.05, 0.1) is 32.0 Å². The van der Waals surface area contributed by atoms with E-state index in [2.05, 4.69) is 29.9 Å². The standard InChI is InChI=1S/C10H13N5O4.C10H13N5O2/c11-8-5-9(13-2-12-8)15(3-14-5)10-7(18)6(17)4(1-16)19-10;11-9-8-10(13-4-12-9)15(5-14-8)7-2-1-6(3-16)17-7/h2-4,6-7,10,16-18H,1H2,(H2,11,12,13);4-7,16H,1-3H2,(H2,11,12,13)/t4-,6-,7-,10-;6-,7+/m10/s1. The number of imidazole rings is 2. The van der Waals surface area contributed by atoms with Crippen molar-refractivity contribution in [3.63, 3.8) is 0 Å². The van der Waals surface area contributed by atoms with Gasteiger partial charge in [-0.1, -0.05) is 0 Å². The number of ether oxygens (including phenoxy) is 2. The van der Waals surface area contributed by atoms with Crippen molar-refractivity contribution in [1.82, 2.24) is 39.0 Å². The molecule has 0 aromatic carbocycles. The molecular formula is C20H26N10O6. The molecule has 0 spiro atoms. The Morgan fingerprint density at radius 2 is 1.39 bits per heavy atom. The van der Waals surface area contributed by atoms with Gasteiger partial charge in [-0.2, -0.15) is 0 Å². The predicted octanol–water partition coefficient (Wildman–Crippen LogP) is -1.90. The Kier molecular flexibility index (Phi) is 6.61. The van der Waals surface area contributed by atoms with E-state index < -0.39 is 31.1 Å². The van der Waals surface area contributed by atoms with Crippen LogP contribution in [0.15, 0.2) is 25.3 Å². The first-order valence-electron chi connectivity index (χ1n) is 11.2. The summed E-state index contributed by atoms with van der Waals surface area (Å²) in [5.74, 6) is 0.584. The average molecular weight is 502 g/mol. The molecule has 192 valence electrons. The highest BCUT2D eigenvalue weighted by molar-refractivity contribution is 5.81. The molecule has 2 aliphatic heterocycles. The van der Waals surface area contributed by atoms with Gasteiger partial charge in [0.2, 0.25) is 0 Å². The van der Waals surface area contributed by atoms with E-state index in [1.54, 1.807) is 6.33 Å². The van der Waals surface area contributed by atoms with Crippen molar-refractivity contribution >= 4 is 34.0 Å². The topological polar surface area (TPSA) is 239 Å². The highest BCUT2D eigenvalue weighted by Crippen LogP contribution is 2.32. The van der Waals surface area contributed by atoms with E-state index >= 15 is 0 Å². The second-order valence-electron chi connectivity index (χ2n) is 8.37. The number of nitrogens with two attached hydrogens (primary N) is 2. The number of fused-ring (bicyclic) bond motifs is 2. The van der Waals surface area contributed by atoms with Gasteiger partial charge in [-0.15, -0.1) is 0 Å². The van der Waals surface area contributed by atoms with E-state index in [4.69, 9.17) is 31.2 Å². The third-order valence-corrected chi connectivity index (χ3v) is 6.16. The number of anilines is 2. The Labute approximate surface area is 203 Å². The van der Waals surface area contributed by atoms with Gasteiger partial charge in [0.1, 0.15) is 48.2 Å². The van der Waals surface area contributed by atoms with Crippen molar-refractivity contribution < 1.29 is 29.9 Å². The lowest BCUT2D eigenvalue weighted by Crippen LogP contribution is -2.33. The Balaban J connectivity index is 0.000000149. The number of nitrogens with zero attached hydrogens (tertiary/aromatic N) is 8. The Morgan fingerprint density at radius 1 is 0.778 bits per heavy atom. The predicted molar refractivity (Wildman–Crippen MR) is 123 cm³/mol. The molecule has 0 bridgehead atoms. The van der Waals surface area contributed by atoms with Crippen molar-refractivity contribution in [2.45, 2.75) is 49.7 Å². The van der Waals surface area contributed by atoms with Crippen LogP contribution in [-0.2, 0) is 9.47 Å². The van der Waals surface area contributed by atoms with Gasteiger partial charge in [0, 0.05) is 0 Å². The zero-order valence-electron chi connectivity index (χ0n) is 18.9. The van der Waals surface area contributed by atoms with Crippen LogP contribution in [0.3, 0.4) is 0 Å². The first-order valence-corrected chi connectivity index (χ1v) is 11.2. The summed E-state index contributed by atoms with van der Waals surface area (Å²) in [6, 6.07) is 0. The van der Waals surface area contributed by atoms with Gasteiger partial charge in [-0.05, 0) is 12.8 Å². The highest BCUT2D eigenvalue weighted by atomic mass is 16.6. The van der Waals surface area contributed by atoms with Gasteiger partial charge in [0.25, 0.3) is 0 Å². The zero-order chi connectivity index (χ0) is 25.4. The maximum atomic E-state index is 9.95. The van der Waals surface area contributed by atoms with Crippen LogP contribution >= 0.6 is 0 Å². The minimum absolute atomic E-state index is 0.0419. The number of hydrogen-bond donors (Lipinski definition) is 6. The summed E-state index contributed by atoms with van der Waals surface area (Å²) in [6.07, 6.45) is 3.08.